The van der Waals surface area contributed by atoms with Crippen molar-refractivity contribution in [3.63, 3.8) is 0 Å². The van der Waals surface area contributed by atoms with Crippen molar-refractivity contribution < 1.29 is 19.2 Å². The van der Waals surface area contributed by atoms with Gasteiger partial charge in [-0.2, -0.15) is 0 Å². The monoisotopic (exact) mass is 453 g/mol. The first kappa shape index (κ1) is 25.1. The Labute approximate surface area is 199 Å². The Hall–Kier alpha value is -2.53. The first-order valence-electron chi connectivity index (χ1n) is 12.1. The molecular formula is C28H41N2O3+. The summed E-state index contributed by atoms with van der Waals surface area (Å²) in [4.78, 5) is 16.2. The molecule has 0 radical (unpaired) electrons. The molecule has 0 aromatic heterocycles. The Kier molecular flexibility index (Phi) is 8.41. The average Bonchev–Trinajstić information content (AvgIpc) is 2.80. The van der Waals surface area contributed by atoms with Crippen LogP contribution in [0.15, 0.2) is 48.5 Å². The summed E-state index contributed by atoms with van der Waals surface area (Å²) in [6.45, 7) is 8.95. The molecule has 1 unspecified atom stereocenters. The van der Waals surface area contributed by atoms with Crippen molar-refractivity contribution in [1.82, 2.24) is 4.90 Å². The van der Waals surface area contributed by atoms with Gasteiger partial charge in [0.15, 0.2) is 11.5 Å². The molecule has 1 aliphatic heterocycles. The summed E-state index contributed by atoms with van der Waals surface area (Å²) in [6.07, 6.45) is 3.25. The fourth-order valence-electron chi connectivity index (χ4n) is 5.48. The summed E-state index contributed by atoms with van der Waals surface area (Å²) in [5.41, 5.74) is 2.63. The molecule has 0 bridgehead atoms. The molecule has 1 aliphatic rings. The SMILES string of the molecule is COc1ccc(CN(CC[C@@]2(Cc3ccccc3)C[C@H](C)[NH+](C)C[C@H]2C)C(C)=O)cc1OC. The van der Waals surface area contributed by atoms with E-state index in [2.05, 4.69) is 51.2 Å². The molecule has 3 rings (SSSR count). The van der Waals surface area contributed by atoms with E-state index in [1.54, 1.807) is 26.0 Å². The molecule has 1 saturated heterocycles. The van der Waals surface area contributed by atoms with E-state index in [-0.39, 0.29) is 11.3 Å². The molecule has 1 amide bonds. The van der Waals surface area contributed by atoms with Gasteiger partial charge in [-0.3, -0.25) is 4.79 Å². The van der Waals surface area contributed by atoms with Crippen molar-refractivity contribution in [3.05, 3.63) is 59.7 Å². The second-order valence-corrected chi connectivity index (χ2v) is 9.96. The number of nitrogens with zero attached hydrogens (tertiary/aromatic N) is 1. The molecule has 33 heavy (non-hydrogen) atoms. The van der Waals surface area contributed by atoms with Gasteiger partial charge >= 0.3 is 0 Å². The third-order valence-electron chi connectivity index (χ3n) is 7.77. The van der Waals surface area contributed by atoms with Crippen molar-refractivity contribution in [1.29, 1.82) is 0 Å². The zero-order chi connectivity index (χ0) is 24.0. The Bertz CT molecular complexity index is 917. The van der Waals surface area contributed by atoms with E-state index in [4.69, 9.17) is 9.47 Å². The number of carbonyl (C=O) groups excluding carboxylic acids is 1. The van der Waals surface area contributed by atoms with Gasteiger partial charge in [-0.05, 0) is 48.4 Å². The number of ether oxygens (including phenoxy) is 2. The summed E-state index contributed by atoms with van der Waals surface area (Å²) >= 11 is 0. The smallest absolute Gasteiger partial charge is 0.219 e. The highest BCUT2D eigenvalue weighted by molar-refractivity contribution is 5.73. The van der Waals surface area contributed by atoms with Crippen LogP contribution in [-0.4, -0.2) is 51.2 Å². The minimum Gasteiger partial charge on any atom is -0.493 e. The molecule has 4 atom stereocenters. The summed E-state index contributed by atoms with van der Waals surface area (Å²) in [7, 11) is 5.59. The second-order valence-electron chi connectivity index (χ2n) is 9.96. The van der Waals surface area contributed by atoms with Crippen LogP contribution in [-0.2, 0) is 17.8 Å². The second kappa shape index (κ2) is 11.1. The van der Waals surface area contributed by atoms with Crippen LogP contribution in [0.1, 0.15) is 44.7 Å². The number of rotatable bonds is 9. The van der Waals surface area contributed by atoms with Gasteiger partial charge in [-0.15, -0.1) is 0 Å². The first-order chi connectivity index (χ1) is 15.8. The van der Waals surface area contributed by atoms with Gasteiger partial charge in [0.25, 0.3) is 0 Å². The Morgan fingerprint density at radius 2 is 1.76 bits per heavy atom. The van der Waals surface area contributed by atoms with Crippen molar-refractivity contribution in [3.8, 4) is 11.5 Å². The normalized spacial score (nSPS) is 24.8. The molecule has 5 nitrogen and oxygen atoms in total. The molecule has 1 fully saturated rings. The van der Waals surface area contributed by atoms with Gasteiger partial charge in [0, 0.05) is 32.4 Å². The summed E-state index contributed by atoms with van der Waals surface area (Å²) in [5, 5.41) is 0. The summed E-state index contributed by atoms with van der Waals surface area (Å²) in [5.74, 6) is 2.09. The topological polar surface area (TPSA) is 43.2 Å². The number of methoxy groups -OCH3 is 2. The van der Waals surface area contributed by atoms with E-state index in [0.29, 0.717) is 30.0 Å². The first-order valence-corrected chi connectivity index (χ1v) is 12.1. The number of quaternary nitrogens is 1. The van der Waals surface area contributed by atoms with E-state index < -0.39 is 0 Å². The Morgan fingerprint density at radius 1 is 1.06 bits per heavy atom. The highest BCUT2D eigenvalue weighted by atomic mass is 16.5. The van der Waals surface area contributed by atoms with Crippen LogP contribution in [0.5, 0.6) is 11.5 Å². The zero-order valence-electron chi connectivity index (χ0n) is 21.2. The van der Waals surface area contributed by atoms with Gasteiger partial charge in [-0.1, -0.05) is 43.3 Å². The number of carbonyl (C=O) groups is 1. The van der Waals surface area contributed by atoms with Crippen LogP contribution in [0.3, 0.4) is 0 Å². The van der Waals surface area contributed by atoms with Crippen LogP contribution in [0.4, 0.5) is 0 Å². The maximum Gasteiger partial charge on any atom is 0.219 e. The minimum atomic E-state index is 0.110. The lowest BCUT2D eigenvalue weighted by Crippen LogP contribution is -3.15. The maximum absolute atomic E-state index is 12.6. The summed E-state index contributed by atoms with van der Waals surface area (Å²) in [6, 6.07) is 17.4. The lowest BCUT2D eigenvalue weighted by Gasteiger charge is -2.48. The van der Waals surface area contributed by atoms with Crippen LogP contribution in [0.2, 0.25) is 0 Å². The number of amides is 1. The molecular weight excluding hydrogens is 412 g/mol. The lowest BCUT2D eigenvalue weighted by atomic mass is 9.63. The van der Waals surface area contributed by atoms with E-state index in [1.165, 1.54) is 18.5 Å². The highest BCUT2D eigenvalue weighted by Gasteiger charge is 2.44. The summed E-state index contributed by atoms with van der Waals surface area (Å²) < 4.78 is 10.8. The average molecular weight is 454 g/mol. The Morgan fingerprint density at radius 3 is 2.39 bits per heavy atom. The van der Waals surface area contributed by atoms with Gasteiger partial charge in [0.2, 0.25) is 5.91 Å². The van der Waals surface area contributed by atoms with Gasteiger partial charge in [-0.25, -0.2) is 0 Å². The molecule has 1 N–H and O–H groups in total. The fraction of sp³-hybridized carbons (Fsp3) is 0.536. The highest BCUT2D eigenvalue weighted by Crippen LogP contribution is 2.41. The van der Waals surface area contributed by atoms with Crippen LogP contribution in [0, 0.1) is 11.3 Å². The van der Waals surface area contributed by atoms with E-state index >= 15 is 0 Å². The predicted octanol–water partition coefficient (Wildman–Crippen LogP) is 3.61. The molecule has 1 heterocycles. The van der Waals surface area contributed by atoms with Crippen LogP contribution >= 0.6 is 0 Å². The predicted molar refractivity (Wildman–Crippen MR) is 133 cm³/mol. The van der Waals surface area contributed by atoms with Crippen LogP contribution in [0.25, 0.3) is 0 Å². The van der Waals surface area contributed by atoms with Gasteiger partial charge in [0.05, 0.1) is 33.9 Å². The molecule has 0 spiro atoms. The number of piperidine rings is 1. The number of hydrogen-bond donors (Lipinski definition) is 1. The maximum atomic E-state index is 12.6. The zero-order valence-corrected chi connectivity index (χ0v) is 21.2. The van der Waals surface area contributed by atoms with Gasteiger partial charge in [0.1, 0.15) is 0 Å². The minimum absolute atomic E-state index is 0.110. The lowest BCUT2D eigenvalue weighted by molar-refractivity contribution is -0.916. The fourth-order valence-corrected chi connectivity index (χ4v) is 5.48. The molecule has 0 saturated carbocycles. The number of hydrogen-bond acceptors (Lipinski definition) is 3. The molecule has 0 aliphatic carbocycles. The van der Waals surface area contributed by atoms with E-state index in [9.17, 15) is 4.79 Å². The van der Waals surface area contributed by atoms with Crippen LogP contribution < -0.4 is 14.4 Å². The third kappa shape index (κ3) is 6.08. The van der Waals surface area contributed by atoms with E-state index in [1.807, 2.05) is 23.1 Å². The number of nitrogens with one attached hydrogen (secondary N) is 1. The quantitative estimate of drug-likeness (QED) is 0.631. The van der Waals surface area contributed by atoms with Crippen molar-refractivity contribution in [2.75, 3.05) is 34.4 Å². The van der Waals surface area contributed by atoms with Gasteiger partial charge < -0.3 is 19.3 Å². The van der Waals surface area contributed by atoms with Crippen molar-refractivity contribution >= 4 is 5.91 Å². The van der Waals surface area contributed by atoms with E-state index in [0.717, 1.165) is 24.9 Å². The van der Waals surface area contributed by atoms with Crippen molar-refractivity contribution in [2.45, 2.75) is 52.6 Å². The van der Waals surface area contributed by atoms with Crippen molar-refractivity contribution in [2.24, 2.45) is 11.3 Å². The molecule has 5 heteroatoms. The molecule has 180 valence electrons. The largest absolute Gasteiger partial charge is 0.493 e. The molecule has 2 aromatic rings. The number of benzene rings is 2. The standard InChI is InChI=1S/C28H40N2O3/c1-21-19-29(4)22(2)17-28(21,18-24-10-8-7-9-11-24)14-15-30(23(3)31)20-25-12-13-26(32-5)27(16-25)33-6/h7-13,16,21-22H,14-15,17-20H2,1-6H3/p+1/t21-,22+,28+/m1/s1. The third-order valence-corrected chi connectivity index (χ3v) is 7.77. The molecule has 2 aromatic carbocycles. The number of likely N-dealkylation sites (tertiary alicyclic amines) is 1. The Balaban J connectivity index is 1.80.